The van der Waals surface area contributed by atoms with Gasteiger partial charge in [-0.2, -0.15) is 0 Å². The molecule has 0 fully saturated rings. The van der Waals surface area contributed by atoms with Crippen LogP contribution in [0.1, 0.15) is 30.1 Å². The number of benzene rings is 1. The summed E-state index contributed by atoms with van der Waals surface area (Å²) in [5, 5.41) is 5.98. The molecule has 1 aromatic heterocycles. The van der Waals surface area contributed by atoms with Crippen molar-refractivity contribution >= 4 is 17.2 Å². The molecule has 0 aliphatic carbocycles. The van der Waals surface area contributed by atoms with Crippen LogP contribution >= 0.6 is 11.3 Å². The molecule has 1 heterocycles. The van der Waals surface area contributed by atoms with E-state index in [0.29, 0.717) is 13.0 Å². The van der Waals surface area contributed by atoms with E-state index in [1.54, 1.807) is 11.3 Å². The molecule has 2 rings (SSSR count). The van der Waals surface area contributed by atoms with E-state index < -0.39 is 0 Å². The van der Waals surface area contributed by atoms with Crippen molar-refractivity contribution in [3.05, 3.63) is 52.0 Å². The Morgan fingerprint density at radius 1 is 1.23 bits per heavy atom. The molecule has 0 aliphatic heterocycles. The highest BCUT2D eigenvalue weighted by molar-refractivity contribution is 7.09. The summed E-state index contributed by atoms with van der Waals surface area (Å²) >= 11 is 1.61. The molecular formula is C17H23N3OS. The largest absolute Gasteiger partial charge is 0.349 e. The Hall–Kier alpha value is -1.72. The van der Waals surface area contributed by atoms with Crippen molar-refractivity contribution in [2.75, 3.05) is 13.1 Å². The fraction of sp³-hybridized carbons (Fsp3) is 0.412. The predicted octanol–water partition coefficient (Wildman–Crippen LogP) is 2.84. The summed E-state index contributed by atoms with van der Waals surface area (Å²) in [6.45, 7) is 7.74. The zero-order valence-corrected chi connectivity index (χ0v) is 14.0. The van der Waals surface area contributed by atoms with E-state index in [0.717, 1.165) is 35.9 Å². The number of carbonyl (C=O) groups is 1. The molecule has 1 amide bonds. The molecule has 0 radical (unpaired) electrons. The highest BCUT2D eigenvalue weighted by Gasteiger charge is 2.08. The van der Waals surface area contributed by atoms with E-state index in [9.17, 15) is 4.79 Å². The van der Waals surface area contributed by atoms with Crippen LogP contribution in [0.15, 0.2) is 35.7 Å². The van der Waals surface area contributed by atoms with Gasteiger partial charge in [0.1, 0.15) is 5.01 Å². The highest BCUT2D eigenvalue weighted by Crippen LogP contribution is 2.11. The summed E-state index contributed by atoms with van der Waals surface area (Å²) in [7, 11) is 0. The normalized spacial score (nSPS) is 10.9. The van der Waals surface area contributed by atoms with Crippen LogP contribution in [-0.4, -0.2) is 28.9 Å². The molecule has 5 heteroatoms. The van der Waals surface area contributed by atoms with Gasteiger partial charge in [-0.25, -0.2) is 4.98 Å². The molecule has 0 atom stereocenters. The van der Waals surface area contributed by atoms with Crippen molar-refractivity contribution in [1.29, 1.82) is 0 Å². The lowest BCUT2D eigenvalue weighted by atomic mass is 10.1. The predicted molar refractivity (Wildman–Crippen MR) is 90.7 cm³/mol. The van der Waals surface area contributed by atoms with Crippen LogP contribution in [0.5, 0.6) is 0 Å². The highest BCUT2D eigenvalue weighted by atomic mass is 32.1. The van der Waals surface area contributed by atoms with Gasteiger partial charge in [0, 0.05) is 11.9 Å². The number of nitrogens with one attached hydrogen (secondary N) is 1. The molecule has 4 nitrogen and oxygen atoms in total. The van der Waals surface area contributed by atoms with E-state index >= 15 is 0 Å². The Bertz CT molecular complexity index is 579. The number of carbonyl (C=O) groups excluding carboxylic acids is 1. The lowest BCUT2D eigenvalue weighted by Crippen LogP contribution is -2.24. The summed E-state index contributed by atoms with van der Waals surface area (Å²) in [6.07, 6.45) is 0.415. The van der Waals surface area contributed by atoms with Gasteiger partial charge >= 0.3 is 0 Å². The van der Waals surface area contributed by atoms with E-state index in [1.165, 1.54) is 0 Å². The summed E-state index contributed by atoms with van der Waals surface area (Å²) in [5.74, 6) is 0.0340. The molecule has 0 aliphatic rings. The number of thiazole rings is 1. The van der Waals surface area contributed by atoms with Crippen molar-refractivity contribution in [2.24, 2.45) is 0 Å². The third-order valence-electron chi connectivity index (χ3n) is 3.52. The van der Waals surface area contributed by atoms with Gasteiger partial charge in [-0.3, -0.25) is 9.69 Å². The van der Waals surface area contributed by atoms with E-state index in [1.807, 2.05) is 30.3 Å². The minimum atomic E-state index is 0.0340. The molecule has 118 valence electrons. The average molecular weight is 317 g/mol. The Labute approximate surface area is 136 Å². The monoisotopic (exact) mass is 317 g/mol. The second-order valence-electron chi connectivity index (χ2n) is 5.13. The van der Waals surface area contributed by atoms with Gasteiger partial charge in [-0.05, 0) is 18.7 Å². The number of rotatable bonds is 8. The quantitative estimate of drug-likeness (QED) is 0.814. The standard InChI is InChI=1S/C17H23N3OS/c1-3-20(4-2)12-15-13-22-17(19-15)11-18-16(21)10-14-8-6-5-7-9-14/h5-9,13H,3-4,10-12H2,1-2H3,(H,18,21). The van der Waals surface area contributed by atoms with Crippen LogP contribution in [0.3, 0.4) is 0 Å². The topological polar surface area (TPSA) is 45.2 Å². The second kappa shape index (κ2) is 8.66. The first kappa shape index (κ1) is 16.6. The molecule has 0 bridgehead atoms. The number of nitrogens with zero attached hydrogens (tertiary/aromatic N) is 2. The van der Waals surface area contributed by atoms with Crippen LogP contribution in [0.25, 0.3) is 0 Å². The molecule has 0 saturated carbocycles. The van der Waals surface area contributed by atoms with Crippen molar-refractivity contribution in [3.63, 3.8) is 0 Å². The smallest absolute Gasteiger partial charge is 0.224 e. The average Bonchev–Trinajstić information content (AvgIpc) is 2.99. The molecule has 0 unspecified atom stereocenters. The SMILES string of the molecule is CCN(CC)Cc1csc(CNC(=O)Cc2ccccc2)n1. The van der Waals surface area contributed by atoms with Gasteiger partial charge in [-0.1, -0.05) is 44.2 Å². The Morgan fingerprint density at radius 3 is 2.64 bits per heavy atom. The third kappa shape index (κ3) is 5.24. The summed E-state index contributed by atoms with van der Waals surface area (Å²) in [5.41, 5.74) is 2.11. The van der Waals surface area contributed by atoms with Crippen LogP contribution < -0.4 is 5.32 Å². The lowest BCUT2D eigenvalue weighted by Gasteiger charge is -2.15. The third-order valence-corrected chi connectivity index (χ3v) is 4.42. The van der Waals surface area contributed by atoms with E-state index in [-0.39, 0.29) is 5.91 Å². The van der Waals surface area contributed by atoms with Crippen LogP contribution in [-0.2, 0) is 24.3 Å². The lowest BCUT2D eigenvalue weighted by molar-refractivity contribution is -0.120. The molecule has 0 saturated heterocycles. The second-order valence-corrected chi connectivity index (χ2v) is 6.08. The van der Waals surface area contributed by atoms with Gasteiger partial charge in [0.25, 0.3) is 0 Å². The number of hydrogen-bond donors (Lipinski definition) is 1. The van der Waals surface area contributed by atoms with Crippen LogP contribution in [0.4, 0.5) is 0 Å². The van der Waals surface area contributed by atoms with E-state index in [4.69, 9.17) is 0 Å². The molecule has 22 heavy (non-hydrogen) atoms. The number of hydrogen-bond acceptors (Lipinski definition) is 4. The van der Waals surface area contributed by atoms with Gasteiger partial charge in [-0.15, -0.1) is 11.3 Å². The Balaban J connectivity index is 1.79. The fourth-order valence-electron chi connectivity index (χ4n) is 2.20. The van der Waals surface area contributed by atoms with E-state index in [2.05, 4.69) is 34.4 Å². The van der Waals surface area contributed by atoms with Gasteiger partial charge < -0.3 is 5.32 Å². The van der Waals surface area contributed by atoms with Gasteiger partial charge in [0.15, 0.2) is 0 Å². The number of amides is 1. The van der Waals surface area contributed by atoms with Crippen molar-refractivity contribution in [3.8, 4) is 0 Å². The maximum atomic E-state index is 11.9. The first-order valence-corrected chi connectivity index (χ1v) is 8.55. The maximum absolute atomic E-state index is 11.9. The summed E-state index contributed by atoms with van der Waals surface area (Å²) in [4.78, 5) is 18.8. The first-order chi connectivity index (χ1) is 10.7. The summed E-state index contributed by atoms with van der Waals surface area (Å²) < 4.78 is 0. The molecule has 0 spiro atoms. The van der Waals surface area contributed by atoms with Gasteiger partial charge in [0.2, 0.25) is 5.91 Å². The maximum Gasteiger partial charge on any atom is 0.224 e. The van der Waals surface area contributed by atoms with Crippen molar-refractivity contribution < 1.29 is 4.79 Å². The first-order valence-electron chi connectivity index (χ1n) is 7.67. The zero-order valence-electron chi connectivity index (χ0n) is 13.2. The van der Waals surface area contributed by atoms with Crippen LogP contribution in [0, 0.1) is 0 Å². The number of aromatic nitrogens is 1. The Morgan fingerprint density at radius 2 is 1.95 bits per heavy atom. The molecular weight excluding hydrogens is 294 g/mol. The van der Waals surface area contributed by atoms with Gasteiger partial charge in [0.05, 0.1) is 18.7 Å². The minimum absolute atomic E-state index is 0.0340. The minimum Gasteiger partial charge on any atom is -0.349 e. The van der Waals surface area contributed by atoms with Crippen molar-refractivity contribution in [1.82, 2.24) is 15.2 Å². The molecule has 1 N–H and O–H groups in total. The van der Waals surface area contributed by atoms with Crippen LogP contribution in [0.2, 0.25) is 0 Å². The van der Waals surface area contributed by atoms with Crippen molar-refractivity contribution in [2.45, 2.75) is 33.4 Å². The molecule has 2 aromatic rings. The Kier molecular flexibility index (Phi) is 6.55. The molecule has 1 aromatic carbocycles. The zero-order chi connectivity index (χ0) is 15.8. The summed E-state index contributed by atoms with van der Waals surface area (Å²) in [6, 6.07) is 9.77. The fourth-order valence-corrected chi connectivity index (χ4v) is 2.92.